The van der Waals surface area contributed by atoms with Crippen molar-refractivity contribution in [2.75, 3.05) is 26.8 Å². The minimum absolute atomic E-state index is 0. The first-order chi connectivity index (χ1) is 11.4. The summed E-state index contributed by atoms with van der Waals surface area (Å²) in [4.78, 5) is 24.2. The fourth-order valence-corrected chi connectivity index (χ4v) is 2.81. The van der Waals surface area contributed by atoms with Gasteiger partial charge >= 0.3 is 11.7 Å². The van der Waals surface area contributed by atoms with Gasteiger partial charge in [-0.15, -0.1) is 12.4 Å². The van der Waals surface area contributed by atoms with Gasteiger partial charge in [-0.3, -0.25) is 15.0 Å². The standard InChI is InChI=1S/C16H23N3O5.ClH/c1-11-7-17-8-12(2)18(11)9-13-4-5-15(14(6-13)19(21)22)24-10-16(20)23-3;/h4-6,11-12,17H,7-10H2,1-3H3;1H/t11-,12+;. The molecule has 8 nitrogen and oxygen atoms in total. The molecule has 1 fully saturated rings. The number of ether oxygens (including phenoxy) is 2. The molecular weight excluding hydrogens is 350 g/mol. The summed E-state index contributed by atoms with van der Waals surface area (Å²) in [6.07, 6.45) is 0. The van der Waals surface area contributed by atoms with Crippen LogP contribution in [0.15, 0.2) is 18.2 Å². The zero-order chi connectivity index (χ0) is 17.7. The normalized spacial score (nSPS) is 20.4. The van der Waals surface area contributed by atoms with Crippen molar-refractivity contribution in [1.82, 2.24) is 10.2 Å². The van der Waals surface area contributed by atoms with Crippen molar-refractivity contribution >= 4 is 24.1 Å². The van der Waals surface area contributed by atoms with E-state index in [2.05, 4.69) is 28.8 Å². The number of nitrogens with zero attached hydrogens (tertiary/aromatic N) is 2. The summed E-state index contributed by atoms with van der Waals surface area (Å²) in [5.74, 6) is -0.521. The van der Waals surface area contributed by atoms with Crippen LogP contribution in [0, 0.1) is 10.1 Å². The third-order valence-electron chi connectivity index (χ3n) is 4.17. The average molecular weight is 374 g/mol. The summed E-state index contributed by atoms with van der Waals surface area (Å²) in [5, 5.41) is 14.7. The zero-order valence-corrected chi connectivity index (χ0v) is 15.4. The van der Waals surface area contributed by atoms with Gasteiger partial charge in [-0.05, 0) is 25.5 Å². The van der Waals surface area contributed by atoms with Crippen molar-refractivity contribution in [3.05, 3.63) is 33.9 Å². The fraction of sp³-hybridized carbons (Fsp3) is 0.562. The predicted octanol–water partition coefficient (Wildman–Crippen LogP) is 1.75. The molecule has 0 aromatic heterocycles. The van der Waals surface area contributed by atoms with E-state index >= 15 is 0 Å². The summed E-state index contributed by atoms with van der Waals surface area (Å²) in [6.45, 7) is 6.32. The molecule has 1 saturated heterocycles. The third-order valence-corrected chi connectivity index (χ3v) is 4.17. The van der Waals surface area contributed by atoms with E-state index in [0.29, 0.717) is 18.6 Å². The van der Waals surface area contributed by atoms with Gasteiger partial charge in [0.25, 0.3) is 0 Å². The van der Waals surface area contributed by atoms with Crippen molar-refractivity contribution in [3.63, 3.8) is 0 Å². The lowest BCUT2D eigenvalue weighted by Crippen LogP contribution is -2.54. The molecule has 1 heterocycles. The summed E-state index contributed by atoms with van der Waals surface area (Å²) in [5.41, 5.74) is 0.694. The molecule has 0 aliphatic carbocycles. The van der Waals surface area contributed by atoms with E-state index in [1.165, 1.54) is 19.2 Å². The molecule has 0 unspecified atom stereocenters. The predicted molar refractivity (Wildman–Crippen MR) is 95.2 cm³/mol. The zero-order valence-electron chi connectivity index (χ0n) is 14.6. The average Bonchev–Trinajstić information content (AvgIpc) is 2.56. The minimum Gasteiger partial charge on any atom is -0.475 e. The Labute approximate surface area is 153 Å². The molecule has 2 atom stereocenters. The van der Waals surface area contributed by atoms with Gasteiger partial charge < -0.3 is 14.8 Å². The summed E-state index contributed by atoms with van der Waals surface area (Å²) >= 11 is 0. The number of esters is 1. The Hall–Kier alpha value is -1.90. The molecule has 9 heteroatoms. The van der Waals surface area contributed by atoms with E-state index in [1.54, 1.807) is 6.07 Å². The topological polar surface area (TPSA) is 93.9 Å². The number of methoxy groups -OCH3 is 1. The number of halogens is 1. The van der Waals surface area contributed by atoms with E-state index in [1.807, 2.05) is 0 Å². The second-order valence-electron chi connectivity index (χ2n) is 5.95. The smallest absolute Gasteiger partial charge is 0.343 e. The van der Waals surface area contributed by atoms with E-state index < -0.39 is 10.9 Å². The molecule has 0 saturated carbocycles. The van der Waals surface area contributed by atoms with Crippen molar-refractivity contribution < 1.29 is 19.2 Å². The maximum atomic E-state index is 11.3. The second-order valence-corrected chi connectivity index (χ2v) is 5.95. The van der Waals surface area contributed by atoms with Crippen LogP contribution in [0.2, 0.25) is 0 Å². The highest BCUT2D eigenvalue weighted by Crippen LogP contribution is 2.29. The SMILES string of the molecule is COC(=O)COc1ccc(CN2[C@H](C)CNC[C@@H]2C)cc1[N+](=O)[O-].Cl. The maximum Gasteiger partial charge on any atom is 0.343 e. The number of hydrogen-bond acceptors (Lipinski definition) is 7. The summed E-state index contributed by atoms with van der Waals surface area (Å²) in [6, 6.07) is 5.54. The van der Waals surface area contributed by atoms with Crippen molar-refractivity contribution in [2.24, 2.45) is 0 Å². The van der Waals surface area contributed by atoms with E-state index in [0.717, 1.165) is 18.7 Å². The number of nitro benzene ring substituents is 1. The number of carbonyl (C=O) groups excluding carboxylic acids is 1. The molecule has 0 amide bonds. The highest BCUT2D eigenvalue weighted by atomic mass is 35.5. The van der Waals surface area contributed by atoms with Gasteiger partial charge in [0.15, 0.2) is 12.4 Å². The number of nitro groups is 1. The molecule has 1 aliphatic heterocycles. The van der Waals surface area contributed by atoms with Gasteiger partial charge in [0.2, 0.25) is 0 Å². The Morgan fingerprint density at radius 2 is 2.00 bits per heavy atom. The third kappa shape index (κ3) is 5.55. The molecule has 0 radical (unpaired) electrons. The first kappa shape index (κ1) is 21.1. The molecule has 25 heavy (non-hydrogen) atoms. The number of nitrogens with one attached hydrogen (secondary N) is 1. The maximum absolute atomic E-state index is 11.3. The number of carbonyl (C=O) groups is 1. The highest BCUT2D eigenvalue weighted by molar-refractivity contribution is 5.85. The fourth-order valence-electron chi connectivity index (χ4n) is 2.81. The lowest BCUT2D eigenvalue weighted by atomic mass is 10.1. The molecule has 1 aromatic carbocycles. The van der Waals surface area contributed by atoms with Gasteiger partial charge in [0.1, 0.15) is 0 Å². The molecule has 140 valence electrons. The lowest BCUT2D eigenvalue weighted by molar-refractivity contribution is -0.385. The van der Waals surface area contributed by atoms with Crippen LogP contribution in [0.1, 0.15) is 19.4 Å². The van der Waals surface area contributed by atoms with Crippen LogP contribution in [0.25, 0.3) is 0 Å². The molecule has 0 bridgehead atoms. The highest BCUT2D eigenvalue weighted by Gasteiger charge is 2.25. The van der Waals surface area contributed by atoms with Gasteiger partial charge in [-0.2, -0.15) is 0 Å². The van der Waals surface area contributed by atoms with Gasteiger partial charge in [0.05, 0.1) is 12.0 Å². The van der Waals surface area contributed by atoms with Crippen LogP contribution >= 0.6 is 12.4 Å². The Morgan fingerprint density at radius 1 is 1.36 bits per heavy atom. The van der Waals surface area contributed by atoms with Crippen LogP contribution in [0.5, 0.6) is 5.75 Å². The van der Waals surface area contributed by atoms with Gasteiger partial charge in [-0.1, -0.05) is 6.07 Å². The molecule has 1 N–H and O–H groups in total. The van der Waals surface area contributed by atoms with Crippen LogP contribution in [-0.4, -0.2) is 54.7 Å². The number of hydrogen-bond donors (Lipinski definition) is 1. The second kappa shape index (κ2) is 9.55. The van der Waals surface area contributed by atoms with Gasteiger partial charge in [0, 0.05) is 37.8 Å². The molecule has 0 spiro atoms. The molecular formula is C16H24ClN3O5. The summed E-state index contributed by atoms with van der Waals surface area (Å²) < 4.78 is 9.67. The van der Waals surface area contributed by atoms with E-state index in [9.17, 15) is 14.9 Å². The lowest BCUT2D eigenvalue weighted by Gasteiger charge is -2.39. The largest absolute Gasteiger partial charge is 0.475 e. The van der Waals surface area contributed by atoms with Crippen molar-refractivity contribution in [2.45, 2.75) is 32.5 Å². The Kier molecular flexibility index (Phi) is 8.08. The summed E-state index contributed by atoms with van der Waals surface area (Å²) in [7, 11) is 1.24. The van der Waals surface area contributed by atoms with Crippen molar-refractivity contribution in [3.8, 4) is 5.75 Å². The quantitative estimate of drug-likeness (QED) is 0.461. The molecule has 1 aromatic rings. The Balaban J connectivity index is 0.00000312. The van der Waals surface area contributed by atoms with Crippen LogP contribution in [-0.2, 0) is 16.1 Å². The van der Waals surface area contributed by atoms with E-state index in [4.69, 9.17) is 4.74 Å². The minimum atomic E-state index is -0.586. The monoisotopic (exact) mass is 373 g/mol. The van der Waals surface area contributed by atoms with E-state index in [-0.39, 0.29) is 30.5 Å². The number of piperazine rings is 1. The Bertz CT molecular complexity index is 603. The van der Waals surface area contributed by atoms with Gasteiger partial charge in [-0.25, -0.2) is 4.79 Å². The van der Waals surface area contributed by atoms with Crippen LogP contribution < -0.4 is 10.1 Å². The first-order valence-corrected chi connectivity index (χ1v) is 7.85. The molecule has 2 rings (SSSR count). The van der Waals surface area contributed by atoms with Crippen LogP contribution in [0.3, 0.4) is 0 Å². The Morgan fingerprint density at radius 3 is 2.56 bits per heavy atom. The molecule has 1 aliphatic rings. The van der Waals surface area contributed by atoms with Crippen molar-refractivity contribution in [1.29, 1.82) is 0 Å². The number of rotatable bonds is 6. The number of benzene rings is 1. The first-order valence-electron chi connectivity index (χ1n) is 7.85. The van der Waals surface area contributed by atoms with Crippen LogP contribution in [0.4, 0.5) is 5.69 Å².